The molecule has 9 nitrogen and oxygen atoms in total. The second-order valence-corrected chi connectivity index (χ2v) is 6.83. The number of nitrogens with one attached hydrogen (secondary N) is 4. The third-order valence-corrected chi connectivity index (χ3v) is 4.94. The molecule has 0 saturated carbocycles. The highest BCUT2D eigenvalue weighted by molar-refractivity contribution is 7.80. The van der Waals surface area contributed by atoms with Gasteiger partial charge in [0.25, 0.3) is 5.69 Å². The quantitative estimate of drug-likeness (QED) is 0.242. The predicted molar refractivity (Wildman–Crippen MR) is 100 cm³/mol. The van der Waals surface area contributed by atoms with Gasteiger partial charge in [-0.2, -0.15) is 0 Å². The Morgan fingerprint density at radius 3 is 2.04 bits per heavy atom. The van der Waals surface area contributed by atoms with Crippen LogP contribution in [0.4, 0.5) is 5.69 Å². The highest BCUT2D eigenvalue weighted by atomic mass is 32.1. The van der Waals surface area contributed by atoms with E-state index in [-0.39, 0.29) is 16.7 Å². The summed E-state index contributed by atoms with van der Waals surface area (Å²) in [7, 11) is 0. The van der Waals surface area contributed by atoms with Crippen LogP contribution in [0.25, 0.3) is 0 Å². The third kappa shape index (κ3) is 3.63. The van der Waals surface area contributed by atoms with E-state index >= 15 is 0 Å². The number of hydrogen-bond donors (Lipinski definition) is 4. The van der Waals surface area contributed by atoms with E-state index in [4.69, 9.17) is 24.4 Å². The van der Waals surface area contributed by atoms with E-state index < -0.39 is 28.6 Å². The maximum Gasteiger partial charge on any atom is 0.269 e. The molecule has 2 aliphatic heterocycles. The lowest BCUT2D eigenvalue weighted by Gasteiger charge is -2.37. The fourth-order valence-electron chi connectivity index (χ4n) is 3.25. The average Bonchev–Trinajstić information content (AvgIpc) is 2.59. The standard InChI is InChI=1S/C15H15N5O4S2/c21-12-11(13(22)19-15(26)18-12)10(8-5-16-14(25)17-6-8)7-1-3-9(4-2-7)20(23)24/h1-4,8,10-11H,5-6H2,(H2,16,17,25)(H2,18,19,21,22,26). The third-order valence-electron chi connectivity index (χ3n) is 4.44. The zero-order valence-corrected chi connectivity index (χ0v) is 15.0. The number of nitro groups is 1. The largest absolute Gasteiger partial charge is 0.362 e. The summed E-state index contributed by atoms with van der Waals surface area (Å²) in [5.74, 6) is -2.65. The van der Waals surface area contributed by atoms with E-state index in [2.05, 4.69) is 21.3 Å². The predicted octanol–water partition coefficient (Wildman–Crippen LogP) is -0.0806. The molecule has 0 radical (unpaired) electrons. The van der Waals surface area contributed by atoms with Crippen LogP contribution in [0.1, 0.15) is 11.5 Å². The van der Waals surface area contributed by atoms with Gasteiger partial charge in [0.15, 0.2) is 10.2 Å². The summed E-state index contributed by atoms with van der Waals surface area (Å²) in [5.41, 5.74) is 0.590. The molecule has 4 N–H and O–H groups in total. The summed E-state index contributed by atoms with van der Waals surface area (Å²) in [6.45, 7) is 0.935. The van der Waals surface area contributed by atoms with Gasteiger partial charge in [0, 0.05) is 37.1 Å². The van der Waals surface area contributed by atoms with Crippen molar-refractivity contribution in [3.05, 3.63) is 39.9 Å². The summed E-state index contributed by atoms with van der Waals surface area (Å²) < 4.78 is 0. The highest BCUT2D eigenvalue weighted by Crippen LogP contribution is 2.35. The Balaban J connectivity index is 1.97. The first-order chi connectivity index (χ1) is 12.4. The van der Waals surface area contributed by atoms with E-state index in [0.29, 0.717) is 23.8 Å². The van der Waals surface area contributed by atoms with Crippen LogP contribution in [0, 0.1) is 22.0 Å². The molecule has 2 amide bonds. The number of nitrogens with zero attached hydrogens (tertiary/aromatic N) is 1. The van der Waals surface area contributed by atoms with Crippen molar-refractivity contribution in [1.29, 1.82) is 0 Å². The first kappa shape index (κ1) is 18.1. The second kappa shape index (κ2) is 7.30. The van der Waals surface area contributed by atoms with Crippen LogP contribution in [0.3, 0.4) is 0 Å². The van der Waals surface area contributed by atoms with Crippen molar-refractivity contribution in [2.75, 3.05) is 13.1 Å². The van der Waals surface area contributed by atoms with Gasteiger partial charge < -0.3 is 21.3 Å². The minimum atomic E-state index is -1.01. The first-order valence-corrected chi connectivity index (χ1v) is 8.60. The van der Waals surface area contributed by atoms with E-state index in [1.165, 1.54) is 12.1 Å². The lowest BCUT2D eigenvalue weighted by Crippen LogP contribution is -2.59. The number of rotatable bonds is 4. The molecule has 2 fully saturated rings. The van der Waals surface area contributed by atoms with Gasteiger partial charge in [0.1, 0.15) is 5.92 Å². The number of benzene rings is 1. The minimum Gasteiger partial charge on any atom is -0.362 e. The summed E-state index contributed by atoms with van der Waals surface area (Å²) in [6.07, 6.45) is 0. The molecule has 0 spiro atoms. The number of hydrogen-bond acceptors (Lipinski definition) is 6. The Hall–Kier alpha value is -2.66. The van der Waals surface area contributed by atoms with Crippen molar-refractivity contribution in [2.45, 2.75) is 5.92 Å². The minimum absolute atomic E-state index is 0.0280. The molecular formula is C15H15N5O4S2. The number of thiocarbonyl (C=S) groups is 2. The van der Waals surface area contributed by atoms with Crippen LogP contribution in [0.2, 0.25) is 0 Å². The molecular weight excluding hydrogens is 378 g/mol. The first-order valence-electron chi connectivity index (χ1n) is 7.78. The van der Waals surface area contributed by atoms with Crippen molar-refractivity contribution in [1.82, 2.24) is 21.3 Å². The molecule has 1 unspecified atom stereocenters. The smallest absolute Gasteiger partial charge is 0.269 e. The van der Waals surface area contributed by atoms with Crippen molar-refractivity contribution < 1.29 is 14.5 Å². The van der Waals surface area contributed by atoms with Gasteiger partial charge in [-0.25, -0.2) is 0 Å². The molecule has 1 aromatic carbocycles. The maximum absolute atomic E-state index is 12.5. The molecule has 0 aliphatic carbocycles. The number of carbonyl (C=O) groups excluding carboxylic acids is 2. The Kier molecular flexibility index (Phi) is 5.09. The number of carbonyl (C=O) groups is 2. The molecule has 26 heavy (non-hydrogen) atoms. The topological polar surface area (TPSA) is 125 Å². The lowest BCUT2D eigenvalue weighted by atomic mass is 9.74. The molecule has 2 heterocycles. The molecule has 1 atom stereocenters. The van der Waals surface area contributed by atoms with Crippen LogP contribution in [0.15, 0.2) is 24.3 Å². The van der Waals surface area contributed by atoms with Crippen LogP contribution < -0.4 is 21.3 Å². The van der Waals surface area contributed by atoms with E-state index in [1.54, 1.807) is 12.1 Å². The van der Waals surface area contributed by atoms with Gasteiger partial charge in [-0.05, 0) is 30.0 Å². The molecule has 0 bridgehead atoms. The normalized spacial score (nSPS) is 19.8. The van der Waals surface area contributed by atoms with Gasteiger partial charge in [-0.15, -0.1) is 0 Å². The summed E-state index contributed by atoms with van der Waals surface area (Å²) in [4.78, 5) is 35.3. The molecule has 11 heteroatoms. The van der Waals surface area contributed by atoms with Gasteiger partial charge in [0.05, 0.1) is 4.92 Å². The Morgan fingerprint density at radius 1 is 1.00 bits per heavy atom. The van der Waals surface area contributed by atoms with E-state index in [9.17, 15) is 19.7 Å². The maximum atomic E-state index is 12.5. The van der Waals surface area contributed by atoms with Gasteiger partial charge >= 0.3 is 0 Å². The van der Waals surface area contributed by atoms with Crippen LogP contribution in [-0.2, 0) is 9.59 Å². The molecule has 2 saturated heterocycles. The molecule has 136 valence electrons. The van der Waals surface area contributed by atoms with Crippen molar-refractivity contribution in [3.63, 3.8) is 0 Å². The lowest BCUT2D eigenvalue weighted by molar-refractivity contribution is -0.384. The SMILES string of the molecule is O=C1NC(=S)NC(=O)C1C(c1ccc([N+](=O)[O-])cc1)C1CNC(=S)NC1. The Morgan fingerprint density at radius 2 is 1.54 bits per heavy atom. The van der Waals surface area contributed by atoms with Crippen molar-refractivity contribution in [3.8, 4) is 0 Å². The number of nitro benzene ring substituents is 1. The van der Waals surface area contributed by atoms with Crippen LogP contribution in [0.5, 0.6) is 0 Å². The fourth-order valence-corrected chi connectivity index (χ4v) is 3.61. The summed E-state index contributed by atoms with van der Waals surface area (Å²) in [5, 5.41) is 22.3. The number of amides is 2. The Bertz CT molecular complexity index is 768. The molecule has 1 aromatic rings. The zero-order valence-electron chi connectivity index (χ0n) is 13.4. The van der Waals surface area contributed by atoms with Crippen molar-refractivity contribution in [2.24, 2.45) is 11.8 Å². The van der Waals surface area contributed by atoms with E-state index in [0.717, 1.165) is 0 Å². The molecule has 0 aromatic heterocycles. The fraction of sp³-hybridized carbons (Fsp3) is 0.333. The molecule has 3 rings (SSSR count). The van der Waals surface area contributed by atoms with Gasteiger partial charge in [0.2, 0.25) is 11.8 Å². The van der Waals surface area contributed by atoms with Gasteiger partial charge in [-0.1, -0.05) is 12.1 Å². The molecule has 2 aliphatic rings. The monoisotopic (exact) mass is 393 g/mol. The average molecular weight is 393 g/mol. The Labute approximate surface area is 159 Å². The van der Waals surface area contributed by atoms with Crippen LogP contribution in [-0.4, -0.2) is 40.1 Å². The van der Waals surface area contributed by atoms with Gasteiger partial charge in [-0.3, -0.25) is 19.7 Å². The van der Waals surface area contributed by atoms with Crippen molar-refractivity contribution >= 4 is 52.2 Å². The summed E-state index contributed by atoms with van der Waals surface area (Å²) >= 11 is 9.91. The highest BCUT2D eigenvalue weighted by Gasteiger charge is 2.44. The second-order valence-electron chi connectivity index (χ2n) is 6.01. The zero-order chi connectivity index (χ0) is 18.8. The van der Waals surface area contributed by atoms with Crippen LogP contribution >= 0.6 is 24.4 Å². The summed E-state index contributed by atoms with van der Waals surface area (Å²) in [6, 6.07) is 5.87. The van der Waals surface area contributed by atoms with E-state index in [1.807, 2.05) is 0 Å². The number of non-ortho nitro benzene ring substituents is 1.